The zero-order valence-electron chi connectivity index (χ0n) is 9.37. The van der Waals surface area contributed by atoms with Crippen molar-refractivity contribution in [1.29, 1.82) is 0 Å². The Bertz CT molecular complexity index is 359. The Hall–Kier alpha value is -1.51. The standard InChI is InChI=1S/C12H17NO2/c1-8(2)7-13-10-4-5-11(12(14)15)9(3)6-10/h4-6,8,13H,7H2,1-3H3,(H,14,15). The Balaban J connectivity index is 2.78. The van der Waals surface area contributed by atoms with E-state index in [-0.39, 0.29) is 0 Å². The summed E-state index contributed by atoms with van der Waals surface area (Å²) in [5, 5.41) is 12.1. The monoisotopic (exact) mass is 207 g/mol. The van der Waals surface area contributed by atoms with E-state index < -0.39 is 5.97 Å². The summed E-state index contributed by atoms with van der Waals surface area (Å²) < 4.78 is 0. The molecule has 0 saturated carbocycles. The lowest BCUT2D eigenvalue weighted by atomic mass is 10.1. The fraction of sp³-hybridized carbons (Fsp3) is 0.417. The molecule has 0 aliphatic heterocycles. The number of carbonyl (C=O) groups is 1. The lowest BCUT2D eigenvalue weighted by Crippen LogP contribution is -2.08. The molecular weight excluding hydrogens is 190 g/mol. The van der Waals surface area contributed by atoms with Crippen molar-refractivity contribution in [2.45, 2.75) is 20.8 Å². The molecule has 0 heterocycles. The third-order valence-electron chi connectivity index (χ3n) is 2.17. The highest BCUT2D eigenvalue weighted by atomic mass is 16.4. The average Bonchev–Trinajstić information content (AvgIpc) is 2.14. The summed E-state index contributed by atoms with van der Waals surface area (Å²) in [4.78, 5) is 10.8. The molecule has 0 bridgehead atoms. The van der Waals surface area contributed by atoms with E-state index in [0.717, 1.165) is 17.8 Å². The summed E-state index contributed by atoms with van der Waals surface area (Å²) >= 11 is 0. The van der Waals surface area contributed by atoms with Gasteiger partial charge >= 0.3 is 5.97 Å². The summed E-state index contributed by atoms with van der Waals surface area (Å²) in [6.07, 6.45) is 0. The summed E-state index contributed by atoms with van der Waals surface area (Å²) in [6, 6.07) is 5.31. The third kappa shape index (κ3) is 3.27. The van der Waals surface area contributed by atoms with Crippen LogP contribution in [0, 0.1) is 12.8 Å². The minimum atomic E-state index is -0.872. The molecule has 0 spiro atoms. The number of carboxylic acids is 1. The van der Waals surface area contributed by atoms with Gasteiger partial charge in [0.1, 0.15) is 0 Å². The van der Waals surface area contributed by atoms with Crippen LogP contribution in [0.1, 0.15) is 29.8 Å². The van der Waals surface area contributed by atoms with Crippen molar-refractivity contribution >= 4 is 11.7 Å². The first-order valence-electron chi connectivity index (χ1n) is 5.08. The van der Waals surface area contributed by atoms with Gasteiger partial charge < -0.3 is 10.4 Å². The first-order valence-corrected chi connectivity index (χ1v) is 5.08. The third-order valence-corrected chi connectivity index (χ3v) is 2.17. The zero-order valence-corrected chi connectivity index (χ0v) is 9.37. The van der Waals surface area contributed by atoms with Crippen molar-refractivity contribution in [3.63, 3.8) is 0 Å². The fourth-order valence-electron chi connectivity index (χ4n) is 1.34. The molecule has 82 valence electrons. The van der Waals surface area contributed by atoms with Crippen LogP contribution in [0.2, 0.25) is 0 Å². The van der Waals surface area contributed by atoms with Gasteiger partial charge in [-0.15, -0.1) is 0 Å². The van der Waals surface area contributed by atoms with E-state index in [0.29, 0.717) is 11.5 Å². The molecule has 0 aliphatic rings. The van der Waals surface area contributed by atoms with E-state index in [1.54, 1.807) is 12.1 Å². The molecule has 0 amide bonds. The van der Waals surface area contributed by atoms with Gasteiger partial charge in [-0.2, -0.15) is 0 Å². The summed E-state index contributed by atoms with van der Waals surface area (Å²) in [5.41, 5.74) is 2.13. The van der Waals surface area contributed by atoms with E-state index >= 15 is 0 Å². The summed E-state index contributed by atoms with van der Waals surface area (Å²) in [6.45, 7) is 6.97. The van der Waals surface area contributed by atoms with Gasteiger partial charge in [-0.25, -0.2) is 4.79 Å². The topological polar surface area (TPSA) is 49.3 Å². The molecule has 15 heavy (non-hydrogen) atoms. The molecule has 1 aromatic rings. The number of anilines is 1. The van der Waals surface area contributed by atoms with E-state index in [2.05, 4.69) is 19.2 Å². The molecule has 0 saturated heterocycles. The van der Waals surface area contributed by atoms with Crippen molar-refractivity contribution < 1.29 is 9.90 Å². The van der Waals surface area contributed by atoms with Crippen molar-refractivity contribution in [1.82, 2.24) is 0 Å². The summed E-state index contributed by atoms with van der Waals surface area (Å²) in [7, 11) is 0. The minimum absolute atomic E-state index is 0.366. The molecule has 1 aromatic carbocycles. The van der Waals surface area contributed by atoms with Gasteiger partial charge in [-0.3, -0.25) is 0 Å². The molecule has 1 rings (SSSR count). The number of aromatic carboxylic acids is 1. The van der Waals surface area contributed by atoms with Crippen LogP contribution in [0.5, 0.6) is 0 Å². The van der Waals surface area contributed by atoms with Gasteiger partial charge in [0.2, 0.25) is 0 Å². The van der Waals surface area contributed by atoms with Gasteiger partial charge in [0.25, 0.3) is 0 Å². The maximum absolute atomic E-state index is 10.8. The smallest absolute Gasteiger partial charge is 0.335 e. The minimum Gasteiger partial charge on any atom is -0.478 e. The number of benzene rings is 1. The van der Waals surface area contributed by atoms with Gasteiger partial charge in [0.15, 0.2) is 0 Å². The van der Waals surface area contributed by atoms with Crippen molar-refractivity contribution in [3.8, 4) is 0 Å². The second kappa shape index (κ2) is 4.82. The highest BCUT2D eigenvalue weighted by Crippen LogP contribution is 2.15. The highest BCUT2D eigenvalue weighted by Gasteiger charge is 2.06. The molecule has 2 N–H and O–H groups in total. The molecule has 0 fully saturated rings. The van der Waals surface area contributed by atoms with Crippen LogP contribution in [0.25, 0.3) is 0 Å². The lowest BCUT2D eigenvalue weighted by molar-refractivity contribution is 0.0696. The largest absolute Gasteiger partial charge is 0.478 e. The maximum atomic E-state index is 10.8. The molecule has 0 aliphatic carbocycles. The predicted molar refractivity (Wildman–Crippen MR) is 61.5 cm³/mol. The van der Waals surface area contributed by atoms with Crippen LogP contribution >= 0.6 is 0 Å². The van der Waals surface area contributed by atoms with Gasteiger partial charge in [0, 0.05) is 12.2 Å². The second-order valence-corrected chi connectivity index (χ2v) is 4.11. The second-order valence-electron chi connectivity index (χ2n) is 4.11. The van der Waals surface area contributed by atoms with Gasteiger partial charge in [0.05, 0.1) is 5.56 Å². The van der Waals surface area contributed by atoms with Gasteiger partial charge in [-0.05, 0) is 36.6 Å². The molecule has 0 unspecified atom stereocenters. The molecule has 0 atom stereocenters. The van der Waals surface area contributed by atoms with E-state index in [9.17, 15) is 4.79 Å². The Kier molecular flexibility index (Phi) is 3.72. The van der Waals surface area contributed by atoms with Crippen LogP contribution in [0.4, 0.5) is 5.69 Å². The number of nitrogens with one attached hydrogen (secondary N) is 1. The summed E-state index contributed by atoms with van der Waals surface area (Å²) in [5.74, 6) is -0.299. The fourth-order valence-corrected chi connectivity index (χ4v) is 1.34. The number of hydrogen-bond donors (Lipinski definition) is 2. The Morgan fingerprint density at radius 3 is 2.60 bits per heavy atom. The zero-order chi connectivity index (χ0) is 11.4. The van der Waals surface area contributed by atoms with Crippen LogP contribution in [0.3, 0.4) is 0 Å². The Labute approximate surface area is 90.1 Å². The van der Waals surface area contributed by atoms with Crippen LogP contribution in [-0.2, 0) is 0 Å². The Morgan fingerprint density at radius 1 is 1.47 bits per heavy atom. The molecule has 0 aromatic heterocycles. The van der Waals surface area contributed by atoms with Crippen molar-refractivity contribution in [3.05, 3.63) is 29.3 Å². The van der Waals surface area contributed by atoms with Crippen molar-refractivity contribution in [2.24, 2.45) is 5.92 Å². The molecule has 0 radical (unpaired) electrons. The van der Waals surface area contributed by atoms with E-state index in [1.165, 1.54) is 0 Å². The molecule has 3 heteroatoms. The normalized spacial score (nSPS) is 10.4. The highest BCUT2D eigenvalue weighted by molar-refractivity contribution is 5.89. The number of rotatable bonds is 4. The number of carboxylic acid groups (broad SMARTS) is 1. The first kappa shape index (κ1) is 11.6. The lowest BCUT2D eigenvalue weighted by Gasteiger charge is -2.10. The van der Waals surface area contributed by atoms with Crippen molar-refractivity contribution in [2.75, 3.05) is 11.9 Å². The Morgan fingerprint density at radius 2 is 2.13 bits per heavy atom. The predicted octanol–water partition coefficient (Wildman–Crippen LogP) is 2.76. The van der Waals surface area contributed by atoms with Crippen LogP contribution in [0.15, 0.2) is 18.2 Å². The maximum Gasteiger partial charge on any atom is 0.335 e. The van der Waals surface area contributed by atoms with Gasteiger partial charge in [-0.1, -0.05) is 13.8 Å². The van der Waals surface area contributed by atoms with Crippen LogP contribution in [-0.4, -0.2) is 17.6 Å². The first-order chi connectivity index (χ1) is 7.00. The van der Waals surface area contributed by atoms with Crippen LogP contribution < -0.4 is 5.32 Å². The number of hydrogen-bond acceptors (Lipinski definition) is 2. The quantitative estimate of drug-likeness (QED) is 0.798. The van der Waals surface area contributed by atoms with E-state index in [4.69, 9.17) is 5.11 Å². The SMILES string of the molecule is Cc1cc(NCC(C)C)ccc1C(=O)O. The number of aryl methyl sites for hydroxylation is 1. The molecular formula is C12H17NO2. The molecule has 3 nitrogen and oxygen atoms in total. The average molecular weight is 207 g/mol. The van der Waals surface area contributed by atoms with E-state index in [1.807, 2.05) is 13.0 Å².